The lowest BCUT2D eigenvalue weighted by Gasteiger charge is -2.07. The van der Waals surface area contributed by atoms with Crippen LogP contribution >= 0.6 is 23.1 Å². The van der Waals surface area contributed by atoms with Crippen LogP contribution in [0, 0.1) is 5.82 Å². The standard InChI is InChI=1S/C12H12FNS2/c13-10-3-4-11(9(8-10)5-6-14)16-12-2-1-7-15-12/h1-4,7-8H,5-6,14H2. The number of nitrogens with two attached hydrogens (primary N) is 1. The Morgan fingerprint density at radius 3 is 2.88 bits per heavy atom. The predicted octanol–water partition coefficient (Wildman–Crippen LogP) is 3.54. The average Bonchev–Trinajstić information content (AvgIpc) is 2.75. The molecule has 2 rings (SSSR count). The Kier molecular flexibility index (Phi) is 3.98. The van der Waals surface area contributed by atoms with Gasteiger partial charge in [0.15, 0.2) is 0 Å². The summed E-state index contributed by atoms with van der Waals surface area (Å²) in [5.41, 5.74) is 6.51. The second kappa shape index (κ2) is 5.48. The summed E-state index contributed by atoms with van der Waals surface area (Å²) in [5.74, 6) is -0.195. The zero-order valence-corrected chi connectivity index (χ0v) is 10.3. The molecule has 0 fully saturated rings. The van der Waals surface area contributed by atoms with Gasteiger partial charge in [-0.15, -0.1) is 11.3 Å². The molecule has 0 saturated carbocycles. The summed E-state index contributed by atoms with van der Waals surface area (Å²) in [7, 11) is 0. The number of halogens is 1. The molecule has 0 aliphatic carbocycles. The highest BCUT2D eigenvalue weighted by atomic mass is 32.2. The van der Waals surface area contributed by atoms with Crippen molar-refractivity contribution in [1.29, 1.82) is 0 Å². The second-order valence-electron chi connectivity index (χ2n) is 3.32. The summed E-state index contributed by atoms with van der Waals surface area (Å²) >= 11 is 3.35. The molecule has 4 heteroatoms. The Hall–Kier alpha value is -0.840. The fourth-order valence-electron chi connectivity index (χ4n) is 1.43. The van der Waals surface area contributed by atoms with Crippen molar-refractivity contribution in [2.24, 2.45) is 5.73 Å². The van der Waals surface area contributed by atoms with E-state index in [0.29, 0.717) is 13.0 Å². The molecular weight excluding hydrogens is 241 g/mol. The molecule has 0 aliphatic rings. The molecule has 1 nitrogen and oxygen atoms in total. The van der Waals surface area contributed by atoms with Gasteiger partial charge in [0.1, 0.15) is 5.82 Å². The third-order valence-electron chi connectivity index (χ3n) is 2.14. The first-order valence-electron chi connectivity index (χ1n) is 4.99. The van der Waals surface area contributed by atoms with Gasteiger partial charge in [-0.1, -0.05) is 17.8 Å². The Morgan fingerprint density at radius 2 is 2.19 bits per heavy atom. The van der Waals surface area contributed by atoms with Crippen LogP contribution in [0.15, 0.2) is 44.8 Å². The number of rotatable bonds is 4. The van der Waals surface area contributed by atoms with Crippen LogP contribution in [0.1, 0.15) is 5.56 Å². The molecule has 1 heterocycles. The summed E-state index contributed by atoms with van der Waals surface area (Å²) in [6, 6.07) is 8.97. The first kappa shape index (κ1) is 11.6. The van der Waals surface area contributed by atoms with Crippen molar-refractivity contribution >= 4 is 23.1 Å². The van der Waals surface area contributed by atoms with Gasteiger partial charge in [-0.25, -0.2) is 4.39 Å². The van der Waals surface area contributed by atoms with Crippen LogP contribution in [-0.2, 0) is 6.42 Å². The van der Waals surface area contributed by atoms with Gasteiger partial charge < -0.3 is 5.73 Å². The van der Waals surface area contributed by atoms with Gasteiger partial charge >= 0.3 is 0 Å². The molecular formula is C12H12FNS2. The molecule has 84 valence electrons. The van der Waals surface area contributed by atoms with Crippen LogP contribution in [0.3, 0.4) is 0 Å². The summed E-state index contributed by atoms with van der Waals surface area (Å²) in [6.45, 7) is 0.543. The van der Waals surface area contributed by atoms with Gasteiger partial charge in [0.2, 0.25) is 0 Å². The lowest BCUT2D eigenvalue weighted by atomic mass is 10.1. The zero-order chi connectivity index (χ0) is 11.4. The molecule has 0 saturated heterocycles. The van der Waals surface area contributed by atoms with E-state index in [1.165, 1.54) is 10.3 Å². The number of thiophene rings is 1. The van der Waals surface area contributed by atoms with E-state index < -0.39 is 0 Å². The van der Waals surface area contributed by atoms with Crippen molar-refractivity contribution in [3.63, 3.8) is 0 Å². The third kappa shape index (κ3) is 2.84. The molecule has 2 N–H and O–H groups in total. The largest absolute Gasteiger partial charge is 0.330 e. The highest BCUT2D eigenvalue weighted by molar-refractivity contribution is 8.01. The SMILES string of the molecule is NCCc1cc(F)ccc1Sc1cccs1. The first-order valence-corrected chi connectivity index (χ1v) is 6.69. The van der Waals surface area contributed by atoms with E-state index in [1.54, 1.807) is 29.2 Å². The van der Waals surface area contributed by atoms with Crippen molar-refractivity contribution in [3.05, 3.63) is 47.1 Å². The third-order valence-corrected chi connectivity index (χ3v) is 4.30. The highest BCUT2D eigenvalue weighted by Crippen LogP contribution is 2.33. The molecule has 0 amide bonds. The Balaban J connectivity index is 2.25. The zero-order valence-electron chi connectivity index (χ0n) is 8.65. The van der Waals surface area contributed by atoms with Gasteiger partial charge in [-0.05, 0) is 48.2 Å². The van der Waals surface area contributed by atoms with Crippen LogP contribution in [0.5, 0.6) is 0 Å². The van der Waals surface area contributed by atoms with E-state index in [2.05, 4.69) is 6.07 Å². The van der Waals surface area contributed by atoms with E-state index in [1.807, 2.05) is 17.5 Å². The normalized spacial score (nSPS) is 10.6. The van der Waals surface area contributed by atoms with Crippen LogP contribution in [-0.4, -0.2) is 6.54 Å². The van der Waals surface area contributed by atoms with E-state index >= 15 is 0 Å². The predicted molar refractivity (Wildman–Crippen MR) is 67.6 cm³/mol. The molecule has 16 heavy (non-hydrogen) atoms. The molecule has 0 unspecified atom stereocenters. The van der Waals surface area contributed by atoms with Crippen molar-refractivity contribution in [3.8, 4) is 0 Å². The van der Waals surface area contributed by atoms with Crippen LogP contribution in [0.4, 0.5) is 4.39 Å². The molecule has 0 bridgehead atoms. The number of hydrogen-bond donors (Lipinski definition) is 1. The maximum Gasteiger partial charge on any atom is 0.123 e. The molecule has 2 aromatic rings. The first-order chi connectivity index (χ1) is 7.79. The van der Waals surface area contributed by atoms with E-state index in [9.17, 15) is 4.39 Å². The van der Waals surface area contributed by atoms with E-state index in [-0.39, 0.29) is 5.82 Å². The highest BCUT2D eigenvalue weighted by Gasteiger charge is 2.06. The van der Waals surface area contributed by atoms with Gasteiger partial charge in [0.05, 0.1) is 4.21 Å². The van der Waals surface area contributed by atoms with Crippen LogP contribution in [0.2, 0.25) is 0 Å². The quantitative estimate of drug-likeness (QED) is 0.902. The maximum atomic E-state index is 13.1. The molecule has 0 atom stereocenters. The Bertz CT molecular complexity index is 454. The second-order valence-corrected chi connectivity index (χ2v) is 5.61. The van der Waals surface area contributed by atoms with Crippen molar-refractivity contribution in [1.82, 2.24) is 0 Å². The molecule has 0 radical (unpaired) electrons. The molecule has 1 aromatic carbocycles. The number of hydrogen-bond acceptors (Lipinski definition) is 3. The minimum absolute atomic E-state index is 0.195. The van der Waals surface area contributed by atoms with Gasteiger partial charge in [-0.2, -0.15) is 0 Å². The van der Waals surface area contributed by atoms with E-state index in [0.717, 1.165) is 10.5 Å². The van der Waals surface area contributed by atoms with Crippen molar-refractivity contribution in [2.45, 2.75) is 15.5 Å². The summed E-state index contributed by atoms with van der Waals surface area (Å²) in [4.78, 5) is 1.09. The van der Waals surface area contributed by atoms with Crippen molar-refractivity contribution in [2.75, 3.05) is 6.54 Å². The van der Waals surface area contributed by atoms with Gasteiger partial charge in [0, 0.05) is 4.90 Å². The van der Waals surface area contributed by atoms with Crippen molar-refractivity contribution < 1.29 is 4.39 Å². The van der Waals surface area contributed by atoms with Crippen LogP contribution in [0.25, 0.3) is 0 Å². The van der Waals surface area contributed by atoms with Crippen LogP contribution < -0.4 is 5.73 Å². The Labute approximate surface area is 102 Å². The minimum Gasteiger partial charge on any atom is -0.330 e. The van der Waals surface area contributed by atoms with E-state index in [4.69, 9.17) is 5.73 Å². The topological polar surface area (TPSA) is 26.0 Å². The summed E-state index contributed by atoms with van der Waals surface area (Å²) in [5, 5.41) is 2.04. The average molecular weight is 253 g/mol. The fraction of sp³-hybridized carbons (Fsp3) is 0.167. The van der Waals surface area contributed by atoms with Gasteiger partial charge in [0.25, 0.3) is 0 Å². The Morgan fingerprint density at radius 1 is 1.31 bits per heavy atom. The lowest BCUT2D eigenvalue weighted by Crippen LogP contribution is -2.04. The molecule has 1 aromatic heterocycles. The maximum absolute atomic E-state index is 13.1. The number of benzene rings is 1. The lowest BCUT2D eigenvalue weighted by molar-refractivity contribution is 0.623. The molecule has 0 spiro atoms. The summed E-state index contributed by atoms with van der Waals surface area (Å²) in [6.07, 6.45) is 0.714. The fourth-order valence-corrected chi connectivity index (χ4v) is 3.30. The minimum atomic E-state index is -0.195. The van der Waals surface area contributed by atoms with Gasteiger partial charge in [-0.3, -0.25) is 0 Å². The summed E-state index contributed by atoms with van der Waals surface area (Å²) < 4.78 is 14.3. The smallest absolute Gasteiger partial charge is 0.123 e. The molecule has 0 aliphatic heterocycles. The monoisotopic (exact) mass is 253 g/mol.